The van der Waals surface area contributed by atoms with Crippen LogP contribution in [0.15, 0.2) is 83.0 Å². The smallest absolute Gasteiger partial charge is 0.373 e. The lowest BCUT2D eigenvalue weighted by molar-refractivity contribution is -0.314. The van der Waals surface area contributed by atoms with E-state index in [1.807, 2.05) is 27.7 Å². The first kappa shape index (κ1) is 52.0. The number of hydrogen-bond donors (Lipinski definition) is 7. The lowest BCUT2D eigenvalue weighted by Crippen LogP contribution is -2.58. The zero-order valence-corrected chi connectivity index (χ0v) is 37.7. The highest BCUT2D eigenvalue weighted by Crippen LogP contribution is 2.41. The van der Waals surface area contributed by atoms with Gasteiger partial charge in [-0.3, -0.25) is 9.59 Å². The van der Waals surface area contributed by atoms with Gasteiger partial charge in [0, 0.05) is 61.0 Å². The van der Waals surface area contributed by atoms with E-state index in [1.54, 1.807) is 58.1 Å². The number of aliphatic hydroxyl groups excluding tert-OH is 5. The van der Waals surface area contributed by atoms with E-state index < -0.39 is 102 Å². The van der Waals surface area contributed by atoms with Crippen LogP contribution < -0.4 is 5.32 Å². The van der Waals surface area contributed by atoms with Gasteiger partial charge in [-0.1, -0.05) is 89.1 Å². The molecule has 346 valence electrons. The van der Waals surface area contributed by atoms with Crippen LogP contribution in [0, 0.1) is 35.5 Å². The van der Waals surface area contributed by atoms with Crippen molar-refractivity contribution < 1.29 is 68.8 Å². The van der Waals surface area contributed by atoms with Crippen LogP contribution in [-0.2, 0) is 38.1 Å². The molecule has 62 heavy (non-hydrogen) atoms. The highest BCUT2D eigenvalue weighted by atomic mass is 16.6. The molecule has 1 aliphatic carbocycles. The minimum Gasteiger partial charge on any atom is -0.510 e. The fourth-order valence-electron chi connectivity index (χ4n) is 8.40. The Balaban J connectivity index is 1.94. The van der Waals surface area contributed by atoms with Gasteiger partial charge in [0.15, 0.2) is 11.6 Å². The zero-order valence-electron chi connectivity index (χ0n) is 37.7. The Labute approximate surface area is 365 Å². The van der Waals surface area contributed by atoms with Gasteiger partial charge in [0.2, 0.25) is 11.7 Å². The number of nitrogens with one attached hydrogen (secondary N) is 1. The Bertz CT molecular complexity index is 1810. The summed E-state index contributed by atoms with van der Waals surface area (Å²) in [7, 11) is 1.28. The molecular formula is C47H69NO14. The van der Waals surface area contributed by atoms with Crippen molar-refractivity contribution in [1.29, 1.82) is 0 Å². The average molecular weight is 872 g/mol. The predicted octanol–water partition coefficient (Wildman–Crippen LogP) is 4.70. The molecule has 0 bridgehead atoms. The number of hydrogen-bond acceptors (Lipinski definition) is 14. The van der Waals surface area contributed by atoms with Crippen molar-refractivity contribution >= 4 is 23.6 Å². The van der Waals surface area contributed by atoms with E-state index in [-0.39, 0.29) is 42.4 Å². The van der Waals surface area contributed by atoms with Crippen LogP contribution in [0.25, 0.3) is 0 Å². The summed E-state index contributed by atoms with van der Waals surface area (Å²) in [5.74, 6) is -9.50. The number of rotatable bonds is 11. The Morgan fingerprint density at radius 1 is 1.06 bits per heavy atom. The molecule has 15 heteroatoms. The quantitative estimate of drug-likeness (QED) is 0.0847. The Morgan fingerprint density at radius 2 is 1.74 bits per heavy atom. The molecule has 0 aromatic carbocycles. The van der Waals surface area contributed by atoms with Crippen LogP contribution in [-0.4, -0.2) is 110 Å². The van der Waals surface area contributed by atoms with E-state index >= 15 is 0 Å². The maximum atomic E-state index is 13.7. The summed E-state index contributed by atoms with van der Waals surface area (Å²) in [4.78, 5) is 51.1. The average Bonchev–Trinajstić information content (AvgIpc) is 3.53. The molecule has 3 rings (SSSR count). The van der Waals surface area contributed by atoms with Gasteiger partial charge in [-0.2, -0.15) is 0 Å². The third kappa shape index (κ3) is 13.6. The van der Waals surface area contributed by atoms with Gasteiger partial charge in [0.25, 0.3) is 0 Å². The standard InChI is InChI=1S/C47H69NO14/c1-11-14-36-29(7)38(60-40(53)20-19-39(52)48-41-33(49)17-18-34(41)50)24-47(58,62-36)31(9)44(56)30(8)45-35(51)16-13-15-25(3)21-27(5)42(54)32(12-2)43(55)28(6)22-26(4)23-37(59-10)46(57)61-45/h11,13-16,19-20,22-23,27-32,35-36,38,42-45,49,51,54-56,58H,12,17-18,21,24H2,1-10H3,(H,48,52)/b14-11+,16-13+,20-19+,25-15+,26-22+,37-23-/t27-,28-,29-,30+,31+,32+,35+,36-,38-,42+,43-,44-,45-,47-/m1/s1. The first-order valence-electron chi connectivity index (χ1n) is 21.5. The number of Topliss-reactive ketones (excluding diaryl/α,β-unsaturated/α-hetero) is 1. The molecule has 0 aromatic rings. The molecule has 0 unspecified atom stereocenters. The number of amides is 1. The fraction of sp³-hybridized carbons (Fsp3) is 0.617. The van der Waals surface area contributed by atoms with E-state index in [0.717, 1.165) is 17.7 Å². The first-order valence-corrected chi connectivity index (χ1v) is 21.5. The summed E-state index contributed by atoms with van der Waals surface area (Å²) in [5, 5.41) is 70.4. The highest BCUT2D eigenvalue weighted by molar-refractivity contribution is 6.04. The molecule has 0 radical (unpaired) electrons. The van der Waals surface area contributed by atoms with E-state index in [4.69, 9.17) is 18.9 Å². The first-order chi connectivity index (χ1) is 29.1. The molecule has 1 fully saturated rings. The lowest BCUT2D eigenvalue weighted by Gasteiger charge is -2.48. The SMILES string of the molecule is C/C=C/[C@H]1O[C@@](O)([C@@H](C)[C@H](O)[C@H](C)[C@H]2OC(=O)/C(OC)=C/C(C)=C/[C@@H](C)[C@@H](O)[C@@H](CC)[C@@H](O)[C@H](C)C/C(C)=C/C=C/[C@@H]2O)C[C@@H](OC(=O)/C=C/C(=O)NC2=C(O)CCC2=O)[C@@H]1C. The number of carbonyl (C=O) groups excluding carboxylic acids is 4. The lowest BCUT2D eigenvalue weighted by atomic mass is 9.77. The highest BCUT2D eigenvalue weighted by Gasteiger charge is 2.52. The van der Waals surface area contributed by atoms with E-state index in [9.17, 15) is 49.8 Å². The van der Waals surface area contributed by atoms with E-state index in [1.165, 1.54) is 26.2 Å². The van der Waals surface area contributed by atoms with E-state index in [0.29, 0.717) is 18.4 Å². The van der Waals surface area contributed by atoms with Crippen molar-refractivity contribution in [2.24, 2.45) is 35.5 Å². The van der Waals surface area contributed by atoms with Crippen molar-refractivity contribution in [2.75, 3.05) is 7.11 Å². The summed E-state index contributed by atoms with van der Waals surface area (Å²) in [6.45, 7) is 15.8. The van der Waals surface area contributed by atoms with Gasteiger partial charge >= 0.3 is 11.9 Å². The molecule has 1 saturated heterocycles. The van der Waals surface area contributed by atoms with Crippen LogP contribution in [0.4, 0.5) is 0 Å². The van der Waals surface area contributed by atoms with Crippen LogP contribution in [0.1, 0.15) is 94.4 Å². The fourth-order valence-corrected chi connectivity index (χ4v) is 8.40. The molecular weight excluding hydrogens is 803 g/mol. The molecule has 1 amide bonds. The molecule has 0 spiro atoms. The maximum Gasteiger partial charge on any atom is 0.373 e. The minimum atomic E-state index is -2.14. The van der Waals surface area contributed by atoms with Gasteiger partial charge in [0.1, 0.15) is 29.8 Å². The third-order valence-electron chi connectivity index (χ3n) is 12.3. The second kappa shape index (κ2) is 23.3. The van der Waals surface area contributed by atoms with E-state index in [2.05, 4.69) is 5.32 Å². The number of esters is 2. The third-order valence-corrected chi connectivity index (χ3v) is 12.3. The van der Waals surface area contributed by atoms with Crippen LogP contribution >= 0.6 is 0 Å². The molecule has 2 aliphatic heterocycles. The largest absolute Gasteiger partial charge is 0.510 e. The van der Waals surface area contributed by atoms with Gasteiger partial charge in [-0.15, -0.1) is 0 Å². The molecule has 15 nitrogen and oxygen atoms in total. The summed E-state index contributed by atoms with van der Waals surface area (Å²) in [6, 6.07) is 0. The second-order valence-electron chi connectivity index (χ2n) is 17.2. The van der Waals surface area contributed by atoms with Crippen LogP contribution in [0.2, 0.25) is 0 Å². The molecule has 0 saturated carbocycles. The number of methoxy groups -OCH3 is 1. The Kier molecular flexibility index (Phi) is 19.6. The summed E-state index contributed by atoms with van der Waals surface area (Å²) in [6.07, 6.45) is 6.05. The van der Waals surface area contributed by atoms with Gasteiger partial charge in [-0.25, -0.2) is 9.59 Å². The number of ether oxygens (including phenoxy) is 4. The zero-order chi connectivity index (χ0) is 46.6. The number of cyclic esters (lactones) is 1. The van der Waals surface area contributed by atoms with Gasteiger partial charge < -0.3 is 54.9 Å². The van der Waals surface area contributed by atoms with Gasteiger partial charge in [-0.05, 0) is 45.6 Å². The van der Waals surface area contributed by atoms with Crippen LogP contribution in [0.5, 0.6) is 0 Å². The van der Waals surface area contributed by atoms with Gasteiger partial charge in [0.05, 0.1) is 31.5 Å². The summed E-state index contributed by atoms with van der Waals surface area (Å²) < 4.78 is 23.2. The van der Waals surface area contributed by atoms with Crippen molar-refractivity contribution in [3.63, 3.8) is 0 Å². The molecule has 0 aromatic heterocycles. The Hall–Kier alpha value is -4.38. The van der Waals surface area contributed by atoms with Crippen molar-refractivity contribution in [2.45, 2.75) is 143 Å². The molecule has 3 aliphatic rings. The Morgan fingerprint density at radius 3 is 2.34 bits per heavy atom. The number of aliphatic hydroxyl groups is 6. The number of allylic oxidation sites excluding steroid dienone is 8. The maximum absolute atomic E-state index is 13.7. The normalized spacial score (nSPS) is 36.8. The van der Waals surface area contributed by atoms with Crippen molar-refractivity contribution in [3.05, 3.63) is 83.0 Å². The van der Waals surface area contributed by atoms with Crippen LogP contribution in [0.3, 0.4) is 0 Å². The minimum absolute atomic E-state index is 0.0555. The van der Waals surface area contributed by atoms with Crippen molar-refractivity contribution in [1.82, 2.24) is 5.32 Å². The summed E-state index contributed by atoms with van der Waals surface area (Å²) >= 11 is 0. The topological polar surface area (TPSA) is 239 Å². The monoisotopic (exact) mass is 871 g/mol. The number of carbonyl (C=O) groups is 4. The molecule has 14 atom stereocenters. The summed E-state index contributed by atoms with van der Waals surface area (Å²) in [5.41, 5.74) is 1.22. The number of ketones is 1. The molecule has 2 heterocycles. The van der Waals surface area contributed by atoms with Crippen molar-refractivity contribution in [3.8, 4) is 0 Å². The predicted molar refractivity (Wildman–Crippen MR) is 230 cm³/mol. The second-order valence-corrected chi connectivity index (χ2v) is 17.2. The molecule has 7 N–H and O–H groups in total.